The van der Waals surface area contributed by atoms with Crippen LogP contribution in [0.1, 0.15) is 54.9 Å². The summed E-state index contributed by atoms with van der Waals surface area (Å²) in [7, 11) is 0. The normalized spacial score (nSPS) is 26.3. The first-order valence-electron chi connectivity index (χ1n) is 9.74. The second-order valence-electron chi connectivity index (χ2n) is 8.10. The summed E-state index contributed by atoms with van der Waals surface area (Å²) in [5, 5.41) is 16.4. The lowest BCUT2D eigenvalue weighted by atomic mass is 9.81. The van der Waals surface area contributed by atoms with E-state index in [2.05, 4.69) is 35.5 Å². The highest BCUT2D eigenvalue weighted by Gasteiger charge is 2.46. The van der Waals surface area contributed by atoms with Crippen molar-refractivity contribution in [2.45, 2.75) is 51.3 Å². The first kappa shape index (κ1) is 20.1. The maximum atomic E-state index is 12.9. The Morgan fingerprint density at radius 2 is 2.04 bits per heavy atom. The van der Waals surface area contributed by atoms with E-state index in [9.17, 15) is 9.90 Å². The van der Waals surface area contributed by atoms with E-state index >= 15 is 0 Å². The molecule has 1 aromatic carbocycles. The number of nitrogens with one attached hydrogen (secondary N) is 1. The number of hydrogen-bond acceptors (Lipinski definition) is 4. The van der Waals surface area contributed by atoms with Crippen LogP contribution in [0.25, 0.3) is 0 Å². The van der Waals surface area contributed by atoms with Gasteiger partial charge in [0.25, 0.3) is 5.91 Å². The quantitative estimate of drug-likeness (QED) is 0.786. The SMILES string of the molecule is CC(C)CCN1CC[C@@](C)(O)[C@@H](NC(=O)c2ccccc2)[C@@H]1c1cccs1. The molecule has 1 aromatic heterocycles. The average Bonchev–Trinajstić information content (AvgIpc) is 3.17. The largest absolute Gasteiger partial charge is 0.388 e. The molecule has 2 heterocycles. The molecule has 1 aliphatic rings. The molecule has 1 fully saturated rings. The summed E-state index contributed by atoms with van der Waals surface area (Å²) in [6, 6.07) is 13.0. The number of hydrogen-bond donors (Lipinski definition) is 2. The van der Waals surface area contributed by atoms with Crippen LogP contribution < -0.4 is 5.32 Å². The first-order chi connectivity index (χ1) is 12.9. The van der Waals surface area contributed by atoms with Gasteiger partial charge in [0, 0.05) is 17.0 Å². The highest BCUT2D eigenvalue weighted by molar-refractivity contribution is 7.10. The van der Waals surface area contributed by atoms with Crippen molar-refractivity contribution in [3.8, 4) is 0 Å². The van der Waals surface area contributed by atoms with Crippen LogP contribution in [-0.2, 0) is 0 Å². The highest BCUT2D eigenvalue weighted by Crippen LogP contribution is 2.39. The number of amides is 1. The van der Waals surface area contributed by atoms with Crippen molar-refractivity contribution >= 4 is 17.2 Å². The molecule has 0 saturated carbocycles. The fourth-order valence-corrected chi connectivity index (χ4v) is 4.64. The van der Waals surface area contributed by atoms with Crippen LogP contribution >= 0.6 is 11.3 Å². The Hall–Kier alpha value is -1.69. The summed E-state index contributed by atoms with van der Waals surface area (Å²) >= 11 is 1.69. The fourth-order valence-electron chi connectivity index (χ4n) is 3.74. The predicted molar refractivity (Wildman–Crippen MR) is 111 cm³/mol. The average molecular weight is 387 g/mol. The van der Waals surface area contributed by atoms with Crippen molar-refractivity contribution in [2.24, 2.45) is 5.92 Å². The number of benzene rings is 1. The number of aliphatic hydroxyl groups is 1. The molecule has 0 radical (unpaired) electrons. The van der Waals surface area contributed by atoms with Crippen molar-refractivity contribution in [3.63, 3.8) is 0 Å². The molecular weight excluding hydrogens is 356 g/mol. The summed E-state index contributed by atoms with van der Waals surface area (Å²) < 4.78 is 0. The summed E-state index contributed by atoms with van der Waals surface area (Å²) in [6.45, 7) is 8.11. The molecule has 0 bridgehead atoms. The van der Waals surface area contributed by atoms with Crippen molar-refractivity contribution in [1.29, 1.82) is 0 Å². The van der Waals surface area contributed by atoms with E-state index in [0.717, 1.165) is 19.5 Å². The Balaban J connectivity index is 1.89. The van der Waals surface area contributed by atoms with Crippen LogP contribution in [0.5, 0.6) is 0 Å². The second kappa shape index (κ2) is 8.55. The van der Waals surface area contributed by atoms with E-state index in [1.807, 2.05) is 43.3 Å². The lowest BCUT2D eigenvalue weighted by Crippen LogP contribution is -2.62. The maximum absolute atomic E-state index is 12.9. The van der Waals surface area contributed by atoms with Crippen LogP contribution in [0.3, 0.4) is 0 Å². The van der Waals surface area contributed by atoms with Crippen LogP contribution in [-0.4, -0.2) is 40.6 Å². The minimum atomic E-state index is -0.951. The van der Waals surface area contributed by atoms with Crippen LogP contribution in [0.15, 0.2) is 47.8 Å². The van der Waals surface area contributed by atoms with Gasteiger partial charge in [-0.3, -0.25) is 9.69 Å². The zero-order chi connectivity index (χ0) is 19.4. The van der Waals surface area contributed by atoms with E-state index in [1.165, 1.54) is 4.88 Å². The standard InChI is InChI=1S/C22H30N2O2S/c1-16(2)11-13-24-14-12-22(3,26)20(19(24)18-10-7-15-27-18)23-21(25)17-8-5-4-6-9-17/h4-10,15-16,19-20,26H,11-14H2,1-3H3,(H,23,25)/t19-,20-,22+/m0/s1. The topological polar surface area (TPSA) is 52.6 Å². The number of rotatable bonds is 6. The Kier molecular flexibility index (Phi) is 6.35. The van der Waals surface area contributed by atoms with Gasteiger partial charge >= 0.3 is 0 Å². The maximum Gasteiger partial charge on any atom is 0.251 e. The van der Waals surface area contributed by atoms with Gasteiger partial charge in [0.15, 0.2) is 0 Å². The van der Waals surface area contributed by atoms with Crippen molar-refractivity contribution < 1.29 is 9.90 Å². The highest BCUT2D eigenvalue weighted by atomic mass is 32.1. The van der Waals surface area contributed by atoms with Crippen molar-refractivity contribution in [2.75, 3.05) is 13.1 Å². The summed E-state index contributed by atoms with van der Waals surface area (Å²) in [5.74, 6) is 0.488. The Labute approximate surface area is 166 Å². The molecule has 0 aliphatic carbocycles. The summed E-state index contributed by atoms with van der Waals surface area (Å²) in [6.07, 6.45) is 1.75. The number of carbonyl (C=O) groups is 1. The lowest BCUT2D eigenvalue weighted by molar-refractivity contribution is -0.0638. The number of carbonyl (C=O) groups excluding carboxylic acids is 1. The molecule has 3 atom stereocenters. The van der Waals surface area contributed by atoms with E-state index in [0.29, 0.717) is 17.9 Å². The fraction of sp³-hybridized carbons (Fsp3) is 0.500. The summed E-state index contributed by atoms with van der Waals surface area (Å²) in [5.41, 5.74) is -0.328. The van der Waals surface area contributed by atoms with E-state index in [4.69, 9.17) is 0 Å². The molecule has 1 amide bonds. The van der Waals surface area contributed by atoms with E-state index in [1.54, 1.807) is 11.3 Å². The zero-order valence-corrected chi connectivity index (χ0v) is 17.2. The Morgan fingerprint density at radius 1 is 1.30 bits per heavy atom. The third-order valence-electron chi connectivity index (χ3n) is 5.44. The molecule has 2 aromatic rings. The Morgan fingerprint density at radius 3 is 2.67 bits per heavy atom. The molecule has 0 unspecified atom stereocenters. The van der Waals surface area contributed by atoms with Gasteiger partial charge in [0.2, 0.25) is 0 Å². The molecule has 5 heteroatoms. The van der Waals surface area contributed by atoms with Gasteiger partial charge in [-0.05, 0) is 55.8 Å². The zero-order valence-electron chi connectivity index (χ0n) is 16.4. The van der Waals surface area contributed by atoms with Crippen molar-refractivity contribution in [3.05, 3.63) is 58.3 Å². The lowest BCUT2D eigenvalue weighted by Gasteiger charge is -2.49. The number of nitrogens with zero attached hydrogens (tertiary/aromatic N) is 1. The molecule has 1 saturated heterocycles. The monoisotopic (exact) mass is 386 g/mol. The van der Waals surface area contributed by atoms with Crippen LogP contribution in [0.4, 0.5) is 0 Å². The number of thiophene rings is 1. The first-order valence-corrected chi connectivity index (χ1v) is 10.6. The van der Waals surface area contributed by atoms with Gasteiger partial charge in [0.05, 0.1) is 17.7 Å². The Bertz CT molecular complexity index is 726. The second-order valence-corrected chi connectivity index (χ2v) is 9.08. The van der Waals surface area contributed by atoms with E-state index < -0.39 is 5.60 Å². The van der Waals surface area contributed by atoms with Crippen LogP contribution in [0, 0.1) is 5.92 Å². The van der Waals surface area contributed by atoms with Gasteiger partial charge in [0.1, 0.15) is 0 Å². The molecule has 146 valence electrons. The smallest absolute Gasteiger partial charge is 0.251 e. The van der Waals surface area contributed by atoms with Gasteiger partial charge in [-0.15, -0.1) is 11.3 Å². The minimum Gasteiger partial charge on any atom is -0.388 e. The molecule has 2 N–H and O–H groups in total. The number of likely N-dealkylation sites (tertiary alicyclic amines) is 1. The number of piperidine rings is 1. The molecule has 3 rings (SSSR count). The third kappa shape index (κ3) is 4.78. The third-order valence-corrected chi connectivity index (χ3v) is 6.38. The predicted octanol–water partition coefficient (Wildman–Crippen LogP) is 4.09. The van der Waals surface area contributed by atoms with Gasteiger partial charge in [-0.2, -0.15) is 0 Å². The molecule has 4 nitrogen and oxygen atoms in total. The molecular formula is C22H30N2O2S. The minimum absolute atomic E-state index is 0.0137. The van der Waals surface area contributed by atoms with Crippen molar-refractivity contribution in [1.82, 2.24) is 10.2 Å². The van der Waals surface area contributed by atoms with Gasteiger partial charge in [-0.1, -0.05) is 38.1 Å². The molecule has 27 heavy (non-hydrogen) atoms. The van der Waals surface area contributed by atoms with Gasteiger partial charge < -0.3 is 10.4 Å². The van der Waals surface area contributed by atoms with Gasteiger partial charge in [-0.25, -0.2) is 0 Å². The molecule has 0 spiro atoms. The summed E-state index contributed by atoms with van der Waals surface area (Å²) in [4.78, 5) is 16.5. The van der Waals surface area contributed by atoms with E-state index in [-0.39, 0.29) is 18.0 Å². The molecule has 1 aliphatic heterocycles. The van der Waals surface area contributed by atoms with Crippen LogP contribution in [0.2, 0.25) is 0 Å².